The van der Waals surface area contributed by atoms with E-state index in [-0.39, 0.29) is 25.1 Å². The average molecular weight is 215 g/mol. The van der Waals surface area contributed by atoms with Crippen molar-refractivity contribution in [3.63, 3.8) is 0 Å². The zero-order chi connectivity index (χ0) is 11.1. The van der Waals surface area contributed by atoms with E-state index in [0.717, 1.165) is 0 Å². The van der Waals surface area contributed by atoms with Crippen molar-refractivity contribution in [1.82, 2.24) is 4.98 Å². The van der Waals surface area contributed by atoms with Crippen LogP contribution < -0.4 is 0 Å². The molecule has 0 radical (unpaired) electrons. The lowest BCUT2D eigenvalue weighted by molar-refractivity contribution is 0.0121. The van der Waals surface area contributed by atoms with Gasteiger partial charge >= 0.3 is 5.97 Å². The lowest BCUT2D eigenvalue weighted by Gasteiger charge is -2.06. The molecule has 5 heteroatoms. The first-order valence-corrected chi connectivity index (χ1v) is 4.77. The number of nitrogens with one attached hydrogen (secondary N) is 1. The van der Waals surface area contributed by atoms with E-state index in [1.807, 2.05) is 0 Å². The topological polar surface area (TPSA) is 42.1 Å². The molecule has 2 rings (SSSR count). The van der Waals surface area contributed by atoms with E-state index in [4.69, 9.17) is 4.74 Å². The molecular weight excluding hydrogens is 204 g/mol. The van der Waals surface area contributed by atoms with Crippen LogP contribution in [0, 0.1) is 0 Å². The summed E-state index contributed by atoms with van der Waals surface area (Å²) in [6.45, 7) is 1.97. The number of ether oxygens (including phenoxy) is 1. The van der Waals surface area contributed by atoms with Gasteiger partial charge in [-0.3, -0.25) is 0 Å². The van der Waals surface area contributed by atoms with Crippen molar-refractivity contribution in [2.75, 3.05) is 6.61 Å². The summed E-state index contributed by atoms with van der Waals surface area (Å²) in [5, 5.41) is 0. The lowest BCUT2D eigenvalue weighted by atomic mass is 10.2. The summed E-state index contributed by atoms with van der Waals surface area (Å²) in [4.78, 5) is 13.9. The molecule has 0 unspecified atom stereocenters. The minimum Gasteiger partial charge on any atom is -0.461 e. The second kappa shape index (κ2) is 3.32. The van der Waals surface area contributed by atoms with Crippen molar-refractivity contribution in [2.45, 2.75) is 25.7 Å². The standard InChI is InChI=1S/C10H11F2NO2/c1-2-15-9(14)7-3-6-4-10(11,12)5-8(6)13-7/h3,13H,2,4-5H2,1H3. The van der Waals surface area contributed by atoms with E-state index in [1.165, 1.54) is 6.07 Å². The van der Waals surface area contributed by atoms with Gasteiger partial charge in [0.05, 0.1) is 13.0 Å². The summed E-state index contributed by atoms with van der Waals surface area (Å²) in [5.41, 5.74) is 1.23. The fraction of sp³-hybridized carbons (Fsp3) is 0.500. The molecule has 0 saturated carbocycles. The van der Waals surface area contributed by atoms with Gasteiger partial charge in [0, 0.05) is 12.1 Å². The number of alkyl halides is 2. The maximum Gasteiger partial charge on any atom is 0.354 e. The minimum absolute atomic E-state index is 0.261. The van der Waals surface area contributed by atoms with Gasteiger partial charge in [-0.25, -0.2) is 13.6 Å². The highest BCUT2D eigenvalue weighted by Crippen LogP contribution is 2.34. The number of halogens is 2. The van der Waals surface area contributed by atoms with Gasteiger partial charge in [0.15, 0.2) is 0 Å². The van der Waals surface area contributed by atoms with Crippen molar-refractivity contribution < 1.29 is 18.3 Å². The van der Waals surface area contributed by atoms with Crippen LogP contribution in [0.15, 0.2) is 6.07 Å². The van der Waals surface area contributed by atoms with Crippen LogP contribution in [0.4, 0.5) is 8.78 Å². The highest BCUT2D eigenvalue weighted by atomic mass is 19.3. The normalized spacial score (nSPS) is 17.5. The largest absolute Gasteiger partial charge is 0.461 e. The lowest BCUT2D eigenvalue weighted by Crippen LogP contribution is -2.16. The predicted molar refractivity (Wildman–Crippen MR) is 49.1 cm³/mol. The van der Waals surface area contributed by atoms with E-state index < -0.39 is 11.9 Å². The fourth-order valence-corrected chi connectivity index (χ4v) is 1.77. The average Bonchev–Trinajstić information content (AvgIpc) is 2.57. The van der Waals surface area contributed by atoms with Gasteiger partial charge < -0.3 is 9.72 Å². The molecule has 0 saturated heterocycles. The van der Waals surface area contributed by atoms with Gasteiger partial charge in [0.2, 0.25) is 0 Å². The number of aromatic nitrogens is 1. The molecule has 0 amide bonds. The molecule has 0 spiro atoms. The minimum atomic E-state index is -2.67. The molecule has 1 aliphatic carbocycles. The third-order valence-corrected chi connectivity index (χ3v) is 2.37. The van der Waals surface area contributed by atoms with Crippen LogP contribution in [-0.4, -0.2) is 23.5 Å². The van der Waals surface area contributed by atoms with Gasteiger partial charge in [0.1, 0.15) is 5.69 Å². The van der Waals surface area contributed by atoms with Gasteiger partial charge in [-0.1, -0.05) is 0 Å². The molecule has 1 aromatic rings. The number of esters is 1. The Morgan fingerprint density at radius 3 is 2.93 bits per heavy atom. The molecule has 15 heavy (non-hydrogen) atoms. The SMILES string of the molecule is CCOC(=O)c1cc2c([nH]1)CC(F)(F)C2. The Balaban J connectivity index is 2.18. The Labute approximate surface area is 85.4 Å². The van der Waals surface area contributed by atoms with Crippen LogP contribution in [-0.2, 0) is 17.6 Å². The van der Waals surface area contributed by atoms with Crippen LogP contribution in [0.1, 0.15) is 28.7 Å². The van der Waals surface area contributed by atoms with Gasteiger partial charge in [-0.15, -0.1) is 0 Å². The number of rotatable bonds is 2. The van der Waals surface area contributed by atoms with Crippen LogP contribution in [0.3, 0.4) is 0 Å². The highest BCUT2D eigenvalue weighted by molar-refractivity contribution is 5.88. The second-order valence-corrected chi connectivity index (χ2v) is 3.62. The zero-order valence-corrected chi connectivity index (χ0v) is 8.27. The Hall–Kier alpha value is -1.39. The fourth-order valence-electron chi connectivity index (χ4n) is 1.77. The quantitative estimate of drug-likeness (QED) is 0.766. The first-order valence-electron chi connectivity index (χ1n) is 4.77. The van der Waals surface area contributed by atoms with Crippen molar-refractivity contribution in [1.29, 1.82) is 0 Å². The van der Waals surface area contributed by atoms with Gasteiger partial charge in [-0.05, 0) is 18.6 Å². The molecule has 1 aliphatic rings. The molecule has 1 N–H and O–H groups in total. The number of fused-ring (bicyclic) bond motifs is 1. The molecule has 1 aromatic heterocycles. The number of hydrogen-bond acceptors (Lipinski definition) is 2. The molecular formula is C10H11F2NO2. The molecule has 0 atom stereocenters. The molecule has 82 valence electrons. The van der Waals surface area contributed by atoms with Crippen LogP contribution >= 0.6 is 0 Å². The summed E-state index contributed by atoms with van der Waals surface area (Å²) in [6.07, 6.45) is -0.611. The van der Waals surface area contributed by atoms with Crippen LogP contribution in [0.2, 0.25) is 0 Å². The van der Waals surface area contributed by atoms with Gasteiger partial charge in [-0.2, -0.15) is 0 Å². The Kier molecular flexibility index (Phi) is 2.25. The van der Waals surface area contributed by atoms with E-state index in [9.17, 15) is 13.6 Å². The zero-order valence-electron chi connectivity index (χ0n) is 8.27. The summed E-state index contributed by atoms with van der Waals surface area (Å²) < 4.78 is 30.6. The van der Waals surface area contributed by atoms with E-state index in [1.54, 1.807) is 6.92 Å². The first kappa shape index (κ1) is 10.1. The monoisotopic (exact) mass is 215 g/mol. The van der Waals surface area contributed by atoms with Crippen molar-refractivity contribution in [2.24, 2.45) is 0 Å². The smallest absolute Gasteiger partial charge is 0.354 e. The van der Waals surface area contributed by atoms with E-state index >= 15 is 0 Å². The molecule has 0 fully saturated rings. The highest BCUT2D eigenvalue weighted by Gasteiger charge is 2.39. The number of H-pyrrole nitrogens is 1. The predicted octanol–water partition coefficient (Wildman–Crippen LogP) is 1.93. The van der Waals surface area contributed by atoms with Crippen molar-refractivity contribution >= 4 is 5.97 Å². The molecule has 3 nitrogen and oxygen atoms in total. The Bertz CT molecular complexity index is 373. The van der Waals surface area contributed by atoms with E-state index in [2.05, 4.69) is 4.98 Å². The van der Waals surface area contributed by atoms with Crippen molar-refractivity contribution in [3.8, 4) is 0 Å². The molecule has 0 bridgehead atoms. The molecule has 1 heterocycles. The second-order valence-electron chi connectivity index (χ2n) is 3.62. The number of carbonyl (C=O) groups excluding carboxylic acids is 1. The third-order valence-electron chi connectivity index (χ3n) is 2.37. The first-order chi connectivity index (χ1) is 7.02. The van der Waals surface area contributed by atoms with Crippen molar-refractivity contribution in [3.05, 3.63) is 23.0 Å². The number of aromatic amines is 1. The van der Waals surface area contributed by atoms with Crippen LogP contribution in [0.25, 0.3) is 0 Å². The van der Waals surface area contributed by atoms with Gasteiger partial charge in [0.25, 0.3) is 5.92 Å². The number of carbonyl (C=O) groups is 1. The summed E-state index contributed by atoms with van der Waals surface area (Å²) in [5.74, 6) is -3.16. The van der Waals surface area contributed by atoms with Crippen LogP contribution in [0.5, 0.6) is 0 Å². The Morgan fingerprint density at radius 1 is 1.60 bits per heavy atom. The maximum absolute atomic E-state index is 12.9. The molecule has 0 aromatic carbocycles. The van der Waals surface area contributed by atoms with E-state index in [0.29, 0.717) is 11.3 Å². The maximum atomic E-state index is 12.9. The summed E-state index contributed by atoms with van der Waals surface area (Å²) in [7, 11) is 0. The summed E-state index contributed by atoms with van der Waals surface area (Å²) in [6, 6.07) is 1.45. The summed E-state index contributed by atoms with van der Waals surface area (Å²) >= 11 is 0. The molecule has 0 aliphatic heterocycles. The number of hydrogen-bond donors (Lipinski definition) is 1. The third kappa shape index (κ3) is 1.86. The Morgan fingerprint density at radius 2 is 2.33 bits per heavy atom.